The van der Waals surface area contributed by atoms with E-state index < -0.39 is 0 Å². The monoisotopic (exact) mass is 237 g/mol. The molecule has 1 saturated carbocycles. The van der Waals surface area contributed by atoms with Gasteiger partial charge in [-0.1, -0.05) is 37.1 Å². The van der Waals surface area contributed by atoms with Gasteiger partial charge in [0.15, 0.2) is 0 Å². The number of rotatable bonds is 3. The first-order chi connectivity index (χ1) is 7.66. The maximum absolute atomic E-state index is 6.21. The Labute approximate surface area is 103 Å². The molecule has 0 spiro atoms. The predicted octanol–water partition coefficient (Wildman–Crippen LogP) is 3.93. The molecule has 2 unspecified atom stereocenters. The van der Waals surface area contributed by atoms with Gasteiger partial charge in [0.2, 0.25) is 0 Å². The summed E-state index contributed by atoms with van der Waals surface area (Å²) >= 11 is 6.21. The summed E-state index contributed by atoms with van der Waals surface area (Å²) in [5.74, 6) is 0.809. The third-order valence-corrected chi connectivity index (χ3v) is 3.98. The number of nitrogens with one attached hydrogen (secondary N) is 1. The van der Waals surface area contributed by atoms with Crippen LogP contribution in [0.3, 0.4) is 0 Å². The van der Waals surface area contributed by atoms with E-state index in [9.17, 15) is 0 Å². The Kier molecular flexibility index (Phi) is 3.88. The van der Waals surface area contributed by atoms with E-state index in [1.807, 2.05) is 6.07 Å². The van der Waals surface area contributed by atoms with Gasteiger partial charge in [-0.25, -0.2) is 0 Å². The van der Waals surface area contributed by atoms with Crippen molar-refractivity contribution in [2.75, 3.05) is 0 Å². The lowest BCUT2D eigenvalue weighted by molar-refractivity contribution is 0.426. The standard InChI is InChI=1S/C14H20ClN/c1-10-6-7-12(13(15)8-10)9-16-14-5-3-4-11(14)2/h6-8,11,14,16H,3-5,9H2,1-2H3. The van der Waals surface area contributed by atoms with Crippen molar-refractivity contribution in [2.45, 2.75) is 45.7 Å². The van der Waals surface area contributed by atoms with E-state index in [0.717, 1.165) is 17.5 Å². The highest BCUT2D eigenvalue weighted by Gasteiger charge is 2.22. The largest absolute Gasteiger partial charge is 0.310 e. The topological polar surface area (TPSA) is 12.0 Å². The highest BCUT2D eigenvalue weighted by atomic mass is 35.5. The molecule has 0 heterocycles. The van der Waals surface area contributed by atoms with Gasteiger partial charge in [0.25, 0.3) is 0 Å². The van der Waals surface area contributed by atoms with Gasteiger partial charge >= 0.3 is 0 Å². The second-order valence-electron chi connectivity index (χ2n) is 4.99. The van der Waals surface area contributed by atoms with E-state index >= 15 is 0 Å². The first-order valence-corrected chi connectivity index (χ1v) is 6.53. The van der Waals surface area contributed by atoms with Crippen LogP contribution in [-0.2, 0) is 6.54 Å². The summed E-state index contributed by atoms with van der Waals surface area (Å²) in [6, 6.07) is 6.97. The summed E-state index contributed by atoms with van der Waals surface area (Å²) in [6.07, 6.45) is 4.03. The molecule has 16 heavy (non-hydrogen) atoms. The molecule has 2 rings (SSSR count). The van der Waals surface area contributed by atoms with Crippen LogP contribution in [0.1, 0.15) is 37.3 Å². The molecule has 0 radical (unpaired) electrons. The molecule has 2 heteroatoms. The number of hydrogen-bond acceptors (Lipinski definition) is 1. The fourth-order valence-corrected chi connectivity index (χ4v) is 2.79. The van der Waals surface area contributed by atoms with Crippen LogP contribution in [0.25, 0.3) is 0 Å². The minimum Gasteiger partial charge on any atom is -0.310 e. The van der Waals surface area contributed by atoms with Crippen molar-refractivity contribution in [1.29, 1.82) is 0 Å². The molecular formula is C14H20ClN. The molecule has 1 aromatic rings. The van der Waals surface area contributed by atoms with E-state index in [-0.39, 0.29) is 0 Å². The van der Waals surface area contributed by atoms with E-state index in [2.05, 4.69) is 31.3 Å². The van der Waals surface area contributed by atoms with E-state index in [0.29, 0.717) is 6.04 Å². The first-order valence-electron chi connectivity index (χ1n) is 6.15. The smallest absolute Gasteiger partial charge is 0.0453 e. The van der Waals surface area contributed by atoms with Crippen LogP contribution in [0.4, 0.5) is 0 Å². The molecule has 1 aliphatic carbocycles. The molecule has 0 aromatic heterocycles. The van der Waals surface area contributed by atoms with E-state index in [1.165, 1.54) is 30.4 Å². The molecule has 0 aliphatic heterocycles. The van der Waals surface area contributed by atoms with Gasteiger partial charge in [0.1, 0.15) is 0 Å². The van der Waals surface area contributed by atoms with Crippen molar-refractivity contribution in [3.05, 3.63) is 34.3 Å². The lowest BCUT2D eigenvalue weighted by atomic mass is 10.1. The zero-order valence-corrected chi connectivity index (χ0v) is 10.8. The third kappa shape index (κ3) is 2.78. The summed E-state index contributed by atoms with van der Waals surface area (Å²) < 4.78 is 0. The molecule has 1 nitrogen and oxygen atoms in total. The molecule has 1 aromatic carbocycles. The normalized spacial score (nSPS) is 24.9. The van der Waals surface area contributed by atoms with Crippen LogP contribution in [-0.4, -0.2) is 6.04 Å². The molecule has 88 valence electrons. The Balaban J connectivity index is 1.94. The van der Waals surface area contributed by atoms with Crippen molar-refractivity contribution in [2.24, 2.45) is 5.92 Å². The molecule has 2 atom stereocenters. The SMILES string of the molecule is Cc1ccc(CNC2CCCC2C)c(Cl)c1. The lowest BCUT2D eigenvalue weighted by Gasteiger charge is -2.17. The Hall–Kier alpha value is -0.530. The van der Waals surface area contributed by atoms with Crippen molar-refractivity contribution in [1.82, 2.24) is 5.32 Å². The van der Waals surface area contributed by atoms with Crippen LogP contribution < -0.4 is 5.32 Å². The Morgan fingerprint density at radius 3 is 2.81 bits per heavy atom. The van der Waals surface area contributed by atoms with E-state index in [4.69, 9.17) is 11.6 Å². The van der Waals surface area contributed by atoms with Crippen LogP contribution in [0.15, 0.2) is 18.2 Å². The number of hydrogen-bond donors (Lipinski definition) is 1. The van der Waals surface area contributed by atoms with Gasteiger partial charge in [-0.2, -0.15) is 0 Å². The fraction of sp³-hybridized carbons (Fsp3) is 0.571. The number of halogens is 1. The van der Waals surface area contributed by atoms with Gasteiger partial charge in [-0.3, -0.25) is 0 Å². The predicted molar refractivity (Wildman–Crippen MR) is 69.8 cm³/mol. The fourth-order valence-electron chi connectivity index (χ4n) is 2.49. The summed E-state index contributed by atoms with van der Waals surface area (Å²) in [5, 5.41) is 4.51. The van der Waals surface area contributed by atoms with Gasteiger partial charge in [-0.05, 0) is 42.9 Å². The second-order valence-corrected chi connectivity index (χ2v) is 5.40. The third-order valence-electron chi connectivity index (χ3n) is 3.62. The summed E-state index contributed by atoms with van der Waals surface area (Å²) in [6.45, 7) is 5.30. The first kappa shape index (κ1) is 11.9. The van der Waals surface area contributed by atoms with Crippen molar-refractivity contribution < 1.29 is 0 Å². The van der Waals surface area contributed by atoms with Gasteiger partial charge in [-0.15, -0.1) is 0 Å². The van der Waals surface area contributed by atoms with Crippen LogP contribution in [0.5, 0.6) is 0 Å². The summed E-state index contributed by atoms with van der Waals surface area (Å²) in [7, 11) is 0. The van der Waals surface area contributed by atoms with Crippen molar-refractivity contribution in [3.63, 3.8) is 0 Å². The molecular weight excluding hydrogens is 218 g/mol. The average molecular weight is 238 g/mol. The van der Waals surface area contributed by atoms with Crippen LogP contribution in [0.2, 0.25) is 5.02 Å². The second kappa shape index (κ2) is 5.20. The number of benzene rings is 1. The van der Waals surface area contributed by atoms with Crippen LogP contribution in [0, 0.1) is 12.8 Å². The molecule has 0 saturated heterocycles. The molecule has 1 aliphatic rings. The minimum atomic E-state index is 0.678. The maximum atomic E-state index is 6.21. The number of aryl methyl sites for hydroxylation is 1. The highest BCUT2D eigenvalue weighted by molar-refractivity contribution is 6.31. The van der Waals surface area contributed by atoms with Gasteiger partial charge < -0.3 is 5.32 Å². The van der Waals surface area contributed by atoms with Crippen molar-refractivity contribution >= 4 is 11.6 Å². The maximum Gasteiger partial charge on any atom is 0.0453 e. The van der Waals surface area contributed by atoms with Gasteiger partial charge in [0, 0.05) is 17.6 Å². The Bertz CT molecular complexity index is 362. The molecule has 0 amide bonds. The molecule has 1 N–H and O–H groups in total. The average Bonchev–Trinajstić information content (AvgIpc) is 2.63. The lowest BCUT2D eigenvalue weighted by Crippen LogP contribution is -2.30. The highest BCUT2D eigenvalue weighted by Crippen LogP contribution is 2.25. The zero-order valence-electron chi connectivity index (χ0n) is 10.1. The minimum absolute atomic E-state index is 0.678. The quantitative estimate of drug-likeness (QED) is 0.840. The molecule has 0 bridgehead atoms. The summed E-state index contributed by atoms with van der Waals surface area (Å²) in [4.78, 5) is 0. The zero-order chi connectivity index (χ0) is 11.5. The van der Waals surface area contributed by atoms with Gasteiger partial charge in [0.05, 0.1) is 0 Å². The summed E-state index contributed by atoms with van der Waals surface area (Å²) in [5.41, 5.74) is 2.44. The van der Waals surface area contributed by atoms with E-state index in [1.54, 1.807) is 0 Å². The molecule has 1 fully saturated rings. The Morgan fingerprint density at radius 1 is 1.38 bits per heavy atom. The van der Waals surface area contributed by atoms with Crippen LogP contribution >= 0.6 is 11.6 Å². The Morgan fingerprint density at radius 2 is 2.19 bits per heavy atom. The van der Waals surface area contributed by atoms with Crippen molar-refractivity contribution in [3.8, 4) is 0 Å².